The molecule has 0 saturated carbocycles. The molecule has 0 heterocycles. The summed E-state index contributed by atoms with van der Waals surface area (Å²) in [5, 5.41) is 81.8. The van der Waals surface area contributed by atoms with Crippen LogP contribution in [0, 0.1) is 29.6 Å². The SMILES string of the molecule is C#Cc1ccc(O[C@@H](C)C(=O)O)cc1.CC(C)[C@H](Oc1ccc(Cl)cc1)C(=O)[O-].CC[C@H](Oc1ccc(Cl)cc1)C(=O)[O-].CCc1ccc(O[C@@H](C)C(=O)[O-])cc1.CSc1ccc(O[C@@H](C)C(=O)[O-])cc1.C[C@H](Oc1ccc(C#N)cc1)C(=O)[O-].C[C@H](Oc1ccc(Cl)cc1Cl)C(=O)[O-].S.S.S.S.S.S.S.[Na+].[Na+].[Na+].[Na+].[Na+].[Na+]. The van der Waals surface area contributed by atoms with Crippen LogP contribution in [0.25, 0.3) is 0 Å². The predicted molar refractivity (Wildman–Crippen MR) is 434 cm³/mol. The van der Waals surface area contributed by atoms with Gasteiger partial charge in [-0.25, -0.2) is 4.79 Å². The zero-order valence-corrected chi connectivity index (χ0v) is 87.5. The molecule has 1 N–H and O–H groups in total. The Morgan fingerprint density at radius 3 is 1.01 bits per heavy atom. The largest absolute Gasteiger partial charge is 1.00 e. The third-order valence-corrected chi connectivity index (χ3v) is 13.9. The standard InChI is InChI=1S/C11H13ClO3.C11H14O3.C11H10O3.C10H11ClO3.C10H9NO3.C10H12O3S.C9H8Cl2O3.6Na.7H2S/c1-7(2)10(11(13)14)15-9-5-3-8(12)4-6-9;2*1-3-9-4-6-10(7-5-9)14-8(2)11(12)13;1-2-9(10(12)13)14-8-5-3-7(11)4-6-8;1-7(10(12)13)14-9-4-2-8(6-11)3-5-9;1-7(10(11)12)13-8-3-5-9(14-2)6-4-8;1-5(9(12)13)14-8-3-2-6(10)4-7(8)11;;;;;;;;;;;;;/h3-7,10H,1-2H3,(H,13,14);4-8H,3H2,1-2H3,(H,12,13);1,4-8H,2H3,(H,12,13);3-6,9H,2H2,1H3,(H,12,13);2-5,7H,1H3,(H,12,13);3-7H,1-2H3,(H,11,12);2-5H,1H3,(H,12,13);;;;;;;7*1H2/q;;;;;;;6*+1;;;;;;;/p-6/t10-;2*8-;9-;2*7-;5-;;;;;;;;;;;;;/m0000000............./s1. The van der Waals surface area contributed by atoms with E-state index in [-0.39, 0.29) is 289 Å². The van der Waals surface area contributed by atoms with Gasteiger partial charge in [-0.05, 0) is 217 Å². The molecule has 112 heavy (non-hydrogen) atoms. The first kappa shape index (κ1) is 139. The van der Waals surface area contributed by atoms with Crippen molar-refractivity contribution in [3.8, 4) is 58.7 Å². The number of hydrogen-bond acceptors (Lipinski definition) is 22. The Morgan fingerprint density at radius 1 is 0.420 bits per heavy atom. The molecular weight excluding hydrogens is 1750 g/mol. The summed E-state index contributed by atoms with van der Waals surface area (Å²) in [6, 6.07) is 47.0. The maximum absolute atomic E-state index is 10.8. The van der Waals surface area contributed by atoms with Crippen molar-refractivity contribution in [1.82, 2.24) is 0 Å². The van der Waals surface area contributed by atoms with Gasteiger partial charge >= 0.3 is 183 Å². The molecule has 22 nitrogen and oxygen atoms in total. The third kappa shape index (κ3) is 62.6. The van der Waals surface area contributed by atoms with Crippen molar-refractivity contribution in [2.24, 2.45) is 5.92 Å². The smallest absolute Gasteiger partial charge is 0.546 e. The van der Waals surface area contributed by atoms with Crippen LogP contribution in [0.1, 0.15) is 85.4 Å². The molecule has 0 aromatic heterocycles. The predicted octanol–water partition coefficient (Wildman–Crippen LogP) is -9.65. The van der Waals surface area contributed by atoms with E-state index in [1.807, 2.05) is 36.6 Å². The number of halogens is 4. The molecule has 7 aromatic carbocycles. The molecule has 0 spiro atoms. The Bertz CT molecular complexity index is 3630. The second kappa shape index (κ2) is 79.2. The van der Waals surface area contributed by atoms with Gasteiger partial charge in [-0.15, -0.1) is 18.2 Å². The van der Waals surface area contributed by atoms with Gasteiger partial charge in [0.1, 0.15) is 76.9 Å². The van der Waals surface area contributed by atoms with E-state index in [0.717, 1.165) is 16.9 Å². The average molecular weight is 1840 g/mol. The van der Waals surface area contributed by atoms with Crippen molar-refractivity contribution in [2.75, 3.05) is 6.26 Å². The number of hydrogen-bond donors (Lipinski definition) is 1. The minimum atomic E-state index is -1.30. The fourth-order valence-corrected chi connectivity index (χ4v) is 7.72. The van der Waals surface area contributed by atoms with Crippen LogP contribution < -0.4 is 241 Å². The first-order chi connectivity index (χ1) is 46.7. The summed E-state index contributed by atoms with van der Waals surface area (Å²) in [5.74, 6) is -2.86. The second-order valence-corrected chi connectivity index (χ2v) is 22.9. The van der Waals surface area contributed by atoms with Crippen LogP contribution in [0.4, 0.5) is 0 Å². The van der Waals surface area contributed by atoms with E-state index < -0.39 is 84.5 Å². The first-order valence-electron chi connectivity index (χ1n) is 29.6. The molecule has 586 valence electrons. The Balaban J connectivity index is -0.0000000911. The van der Waals surface area contributed by atoms with E-state index in [2.05, 4.69) is 12.8 Å². The minimum Gasteiger partial charge on any atom is -0.546 e. The monoisotopic (exact) mass is 1830 g/mol. The normalized spacial score (nSPS) is 10.6. The van der Waals surface area contributed by atoms with Crippen molar-refractivity contribution < 1.29 is 280 Å². The van der Waals surface area contributed by atoms with Crippen molar-refractivity contribution in [2.45, 2.75) is 123 Å². The van der Waals surface area contributed by atoms with E-state index in [4.69, 9.17) is 96.4 Å². The topological polar surface area (TPSA) is 366 Å². The average Bonchev–Trinajstić information content (AvgIpc) is 0.886. The molecule has 0 aliphatic carbocycles. The van der Waals surface area contributed by atoms with Crippen LogP contribution >= 0.6 is 153 Å². The molecule has 0 amide bonds. The van der Waals surface area contributed by atoms with Gasteiger partial charge in [-0.2, -0.15) is 99.7 Å². The molecule has 7 aromatic rings. The maximum Gasteiger partial charge on any atom is 1.00 e. The van der Waals surface area contributed by atoms with Crippen molar-refractivity contribution in [3.05, 3.63) is 201 Å². The number of nitrogens with zero attached hydrogens (tertiary/aromatic N) is 1. The van der Waals surface area contributed by atoms with Gasteiger partial charge in [-0.1, -0.05) is 92.2 Å². The zero-order valence-electron chi connectivity index (χ0n) is 64.7. The van der Waals surface area contributed by atoms with Gasteiger partial charge in [0.25, 0.3) is 0 Å². The van der Waals surface area contributed by atoms with Gasteiger partial charge in [-0.3, -0.25) is 0 Å². The number of carbonyl (C=O) groups is 7. The third-order valence-electron chi connectivity index (χ3n) is 12.2. The maximum atomic E-state index is 10.8. The summed E-state index contributed by atoms with van der Waals surface area (Å²) in [6.07, 6.45) is 1.88. The summed E-state index contributed by atoms with van der Waals surface area (Å²) in [6.45, 7) is 14.4. The van der Waals surface area contributed by atoms with Crippen LogP contribution in [0.5, 0.6) is 40.2 Å². The number of nitriles is 1. The number of carbonyl (C=O) groups excluding carboxylic acids is 6. The molecule has 40 heteroatoms. The van der Waals surface area contributed by atoms with Crippen molar-refractivity contribution in [3.63, 3.8) is 0 Å². The van der Waals surface area contributed by atoms with Gasteiger partial charge < -0.3 is 97.7 Å². The number of aryl methyl sites for hydroxylation is 1. The van der Waals surface area contributed by atoms with E-state index in [1.54, 1.807) is 148 Å². The molecule has 7 rings (SSSR count). The Hall–Kier alpha value is -1.56. The number of thioether (sulfide) groups is 1. The minimum absolute atomic E-state index is 0. The summed E-state index contributed by atoms with van der Waals surface area (Å²) in [5.41, 5.74) is 2.43. The quantitative estimate of drug-likeness (QED) is 0.0315. The number of ether oxygens (including phenoxy) is 7. The molecule has 0 fully saturated rings. The Kier molecular flexibility index (Phi) is 98.6. The van der Waals surface area contributed by atoms with Crippen molar-refractivity contribution in [1.29, 1.82) is 5.26 Å². The van der Waals surface area contributed by atoms with Gasteiger partial charge in [0, 0.05) is 25.5 Å². The van der Waals surface area contributed by atoms with E-state index in [1.165, 1.54) is 64.4 Å². The summed E-state index contributed by atoms with van der Waals surface area (Å²) in [7, 11) is 0. The van der Waals surface area contributed by atoms with Gasteiger partial charge in [0.15, 0.2) is 6.10 Å². The van der Waals surface area contributed by atoms with Crippen LogP contribution in [0.2, 0.25) is 20.1 Å². The van der Waals surface area contributed by atoms with Crippen LogP contribution in [-0.2, 0) is 40.0 Å². The number of carboxylic acid groups (broad SMARTS) is 7. The number of carboxylic acids is 7. The fourth-order valence-electron chi connectivity index (χ4n) is 6.61. The number of aliphatic carboxylic acids is 7. The molecule has 0 saturated heterocycles. The molecule has 0 radical (unpaired) electrons. The van der Waals surface area contributed by atoms with Crippen LogP contribution in [0.3, 0.4) is 0 Å². The molecule has 0 aliphatic heterocycles. The van der Waals surface area contributed by atoms with Crippen LogP contribution in [0.15, 0.2) is 169 Å². The van der Waals surface area contributed by atoms with E-state index >= 15 is 0 Å². The van der Waals surface area contributed by atoms with E-state index in [9.17, 15) is 64.2 Å². The van der Waals surface area contributed by atoms with Crippen molar-refractivity contribution >= 4 is 194 Å². The van der Waals surface area contributed by atoms with Crippen LogP contribution in [-0.4, -0.2) is 95.9 Å². The fraction of sp³-hybridized carbons (Fsp3) is 0.278. The Labute approximate surface area is 861 Å². The Morgan fingerprint density at radius 2 is 0.723 bits per heavy atom. The molecule has 0 bridgehead atoms. The van der Waals surface area contributed by atoms with E-state index in [0.29, 0.717) is 61.5 Å². The second-order valence-electron chi connectivity index (χ2n) is 20.3. The summed E-state index contributed by atoms with van der Waals surface area (Å²) >= 11 is 24.4. The molecule has 7 atom stereocenters. The molecule has 0 unspecified atom stereocenters. The molecule has 0 aliphatic rings. The number of benzene rings is 7. The van der Waals surface area contributed by atoms with Gasteiger partial charge in [0.2, 0.25) is 0 Å². The summed E-state index contributed by atoms with van der Waals surface area (Å²) in [4.78, 5) is 74.4. The summed E-state index contributed by atoms with van der Waals surface area (Å²) < 4.78 is 35.8. The number of terminal acetylenes is 1. The first-order valence-corrected chi connectivity index (χ1v) is 32.3. The zero-order chi connectivity index (χ0) is 74.9. The van der Waals surface area contributed by atoms with Gasteiger partial charge in [0.05, 0.1) is 52.5 Å². The number of rotatable bonds is 25. The molecular formula is C72H85Cl4NNa6O21S8.